The molecule has 0 atom stereocenters. The third-order valence-corrected chi connectivity index (χ3v) is 3.62. The highest BCUT2D eigenvalue weighted by Crippen LogP contribution is 2.28. The van der Waals surface area contributed by atoms with Crippen LogP contribution in [-0.4, -0.2) is 9.97 Å². The second-order valence-corrected chi connectivity index (χ2v) is 5.30. The van der Waals surface area contributed by atoms with Crippen LogP contribution in [0.1, 0.15) is 0 Å². The number of aromatic nitrogens is 2. The highest BCUT2D eigenvalue weighted by molar-refractivity contribution is 9.10. The molecule has 0 unspecified atom stereocenters. The van der Waals surface area contributed by atoms with Gasteiger partial charge in [-0.05, 0) is 46.3 Å². The summed E-state index contributed by atoms with van der Waals surface area (Å²) >= 11 is 3.12. The lowest BCUT2D eigenvalue weighted by atomic mass is 10.2. The van der Waals surface area contributed by atoms with Gasteiger partial charge in [-0.25, -0.2) is 9.37 Å². The van der Waals surface area contributed by atoms with E-state index in [0.29, 0.717) is 32.4 Å². The van der Waals surface area contributed by atoms with Crippen molar-refractivity contribution in [1.82, 2.24) is 9.97 Å². The first kappa shape index (κ1) is 13.6. The predicted octanol–water partition coefficient (Wildman–Crippen LogP) is 3.15. The third kappa shape index (κ3) is 2.59. The molecule has 3 rings (SSSR count). The van der Waals surface area contributed by atoms with Crippen LogP contribution in [0.3, 0.4) is 0 Å². The van der Waals surface area contributed by atoms with Crippen LogP contribution in [0.2, 0.25) is 0 Å². The van der Waals surface area contributed by atoms with Gasteiger partial charge in [0.15, 0.2) is 0 Å². The molecular formula is C14H10BrFN4O. The number of benzene rings is 2. The van der Waals surface area contributed by atoms with Crippen molar-refractivity contribution in [3.8, 4) is 0 Å². The standard InChI is InChI=1S/C14H10BrFN4O/c15-9-3-7(1-2-10(9)16)20-13-5-12-8(4-11(13)17)14(21)19-6-18-12/h1-6,20H,17H2,(H,18,19,21). The summed E-state index contributed by atoms with van der Waals surface area (Å²) in [6, 6.07) is 7.77. The molecular weight excluding hydrogens is 339 g/mol. The van der Waals surface area contributed by atoms with Crippen LogP contribution in [0, 0.1) is 5.82 Å². The number of halogens is 2. The third-order valence-electron chi connectivity index (χ3n) is 3.01. The van der Waals surface area contributed by atoms with Crippen molar-refractivity contribution in [2.45, 2.75) is 0 Å². The fourth-order valence-corrected chi connectivity index (χ4v) is 2.35. The number of nitrogen functional groups attached to an aromatic ring is 1. The number of hydrogen-bond acceptors (Lipinski definition) is 4. The first-order valence-electron chi connectivity index (χ1n) is 6.03. The Morgan fingerprint density at radius 2 is 2.10 bits per heavy atom. The summed E-state index contributed by atoms with van der Waals surface area (Å²) in [6.45, 7) is 0. The topological polar surface area (TPSA) is 83.8 Å². The van der Waals surface area contributed by atoms with Gasteiger partial charge in [-0.15, -0.1) is 0 Å². The maximum Gasteiger partial charge on any atom is 0.258 e. The van der Waals surface area contributed by atoms with E-state index in [4.69, 9.17) is 5.73 Å². The summed E-state index contributed by atoms with van der Waals surface area (Å²) in [5.74, 6) is -0.347. The van der Waals surface area contributed by atoms with Crippen molar-refractivity contribution < 1.29 is 4.39 Å². The Bertz CT molecular complexity index is 894. The summed E-state index contributed by atoms with van der Waals surface area (Å²) in [5, 5.41) is 3.50. The summed E-state index contributed by atoms with van der Waals surface area (Å²) in [4.78, 5) is 18.3. The van der Waals surface area contributed by atoms with Crippen LogP contribution < -0.4 is 16.6 Å². The fraction of sp³-hybridized carbons (Fsp3) is 0. The average molecular weight is 349 g/mol. The molecule has 1 heterocycles. The maximum absolute atomic E-state index is 13.2. The van der Waals surface area contributed by atoms with Crippen LogP contribution in [0.4, 0.5) is 21.5 Å². The van der Waals surface area contributed by atoms with E-state index >= 15 is 0 Å². The Kier molecular flexibility index (Phi) is 3.34. The van der Waals surface area contributed by atoms with Crippen molar-refractivity contribution in [2.75, 3.05) is 11.1 Å². The quantitative estimate of drug-likeness (QED) is 0.621. The van der Waals surface area contributed by atoms with Crippen molar-refractivity contribution >= 4 is 43.9 Å². The molecule has 0 saturated heterocycles. The lowest BCUT2D eigenvalue weighted by Gasteiger charge is -2.11. The second-order valence-electron chi connectivity index (χ2n) is 4.44. The van der Waals surface area contributed by atoms with Gasteiger partial charge in [0.1, 0.15) is 5.82 Å². The minimum atomic E-state index is -0.347. The molecule has 0 amide bonds. The van der Waals surface area contributed by atoms with Gasteiger partial charge in [0, 0.05) is 5.69 Å². The Hall–Kier alpha value is -2.41. The van der Waals surface area contributed by atoms with Gasteiger partial charge in [0.05, 0.1) is 33.1 Å². The summed E-state index contributed by atoms with van der Waals surface area (Å²) < 4.78 is 13.6. The van der Waals surface area contributed by atoms with Crippen LogP contribution in [0.25, 0.3) is 10.9 Å². The lowest BCUT2D eigenvalue weighted by Crippen LogP contribution is -2.07. The smallest absolute Gasteiger partial charge is 0.258 e. The van der Waals surface area contributed by atoms with Crippen LogP contribution in [0.15, 0.2) is 45.9 Å². The first-order valence-corrected chi connectivity index (χ1v) is 6.83. The zero-order chi connectivity index (χ0) is 15.0. The number of nitrogens with one attached hydrogen (secondary N) is 2. The van der Waals surface area contributed by atoms with E-state index in [1.165, 1.54) is 12.4 Å². The molecule has 0 spiro atoms. The van der Waals surface area contributed by atoms with Gasteiger partial charge in [-0.1, -0.05) is 0 Å². The zero-order valence-electron chi connectivity index (χ0n) is 10.7. The number of nitrogens with two attached hydrogens (primary N) is 1. The monoisotopic (exact) mass is 348 g/mol. The Balaban J connectivity index is 2.06. The molecule has 0 aliphatic carbocycles. The number of anilines is 3. The number of aromatic amines is 1. The Morgan fingerprint density at radius 3 is 2.86 bits per heavy atom. The highest BCUT2D eigenvalue weighted by atomic mass is 79.9. The van der Waals surface area contributed by atoms with E-state index in [9.17, 15) is 9.18 Å². The van der Waals surface area contributed by atoms with Crippen molar-refractivity contribution in [3.05, 3.63) is 57.3 Å². The molecule has 0 bridgehead atoms. The minimum Gasteiger partial charge on any atom is -0.397 e. The Morgan fingerprint density at radius 1 is 1.29 bits per heavy atom. The van der Waals surface area contributed by atoms with Crippen molar-refractivity contribution in [1.29, 1.82) is 0 Å². The number of hydrogen-bond donors (Lipinski definition) is 3. The molecule has 0 aliphatic heterocycles. The van der Waals surface area contributed by atoms with Gasteiger partial charge in [0.25, 0.3) is 5.56 Å². The maximum atomic E-state index is 13.2. The largest absolute Gasteiger partial charge is 0.397 e. The predicted molar refractivity (Wildman–Crippen MR) is 84.2 cm³/mol. The van der Waals surface area contributed by atoms with Crippen LogP contribution in [0.5, 0.6) is 0 Å². The molecule has 7 heteroatoms. The molecule has 21 heavy (non-hydrogen) atoms. The van der Waals surface area contributed by atoms with Gasteiger partial charge in [-0.3, -0.25) is 4.79 Å². The minimum absolute atomic E-state index is 0.247. The number of H-pyrrole nitrogens is 1. The molecule has 3 aromatic rings. The van der Waals surface area contributed by atoms with E-state index in [0.717, 1.165) is 0 Å². The van der Waals surface area contributed by atoms with E-state index in [1.807, 2.05) is 0 Å². The van der Waals surface area contributed by atoms with Gasteiger partial charge < -0.3 is 16.0 Å². The molecule has 0 saturated carbocycles. The molecule has 0 fully saturated rings. The van der Waals surface area contributed by atoms with Gasteiger partial charge in [-0.2, -0.15) is 0 Å². The number of nitrogens with zero attached hydrogens (tertiary/aromatic N) is 1. The van der Waals surface area contributed by atoms with Crippen LogP contribution >= 0.6 is 15.9 Å². The normalized spacial score (nSPS) is 10.8. The number of fused-ring (bicyclic) bond motifs is 1. The van der Waals surface area contributed by atoms with Gasteiger partial charge >= 0.3 is 0 Å². The summed E-state index contributed by atoms with van der Waals surface area (Å²) in [5.41, 5.74) is 7.89. The van der Waals surface area contributed by atoms with Crippen molar-refractivity contribution in [3.63, 3.8) is 0 Å². The molecule has 106 valence electrons. The molecule has 2 aromatic carbocycles. The van der Waals surface area contributed by atoms with E-state index < -0.39 is 0 Å². The average Bonchev–Trinajstić information content (AvgIpc) is 2.45. The van der Waals surface area contributed by atoms with E-state index in [2.05, 4.69) is 31.2 Å². The zero-order valence-corrected chi connectivity index (χ0v) is 12.2. The van der Waals surface area contributed by atoms with Crippen molar-refractivity contribution in [2.24, 2.45) is 0 Å². The molecule has 5 nitrogen and oxygen atoms in total. The molecule has 1 aromatic heterocycles. The van der Waals surface area contributed by atoms with Gasteiger partial charge in [0.2, 0.25) is 0 Å². The molecule has 0 radical (unpaired) electrons. The molecule has 4 N–H and O–H groups in total. The fourth-order valence-electron chi connectivity index (χ4n) is 1.97. The van der Waals surface area contributed by atoms with E-state index in [-0.39, 0.29) is 11.4 Å². The number of rotatable bonds is 2. The molecule has 0 aliphatic rings. The second kappa shape index (κ2) is 5.17. The lowest BCUT2D eigenvalue weighted by molar-refractivity contribution is 0.621. The Labute approximate surface area is 127 Å². The van der Waals surface area contributed by atoms with E-state index in [1.54, 1.807) is 24.3 Å². The highest BCUT2D eigenvalue weighted by Gasteiger charge is 2.07. The summed E-state index contributed by atoms with van der Waals surface area (Å²) in [6.07, 6.45) is 1.33. The van der Waals surface area contributed by atoms with Crippen LogP contribution in [-0.2, 0) is 0 Å². The summed E-state index contributed by atoms with van der Waals surface area (Å²) in [7, 11) is 0. The first-order chi connectivity index (χ1) is 10.0. The SMILES string of the molecule is Nc1cc2c(=O)[nH]cnc2cc1Nc1ccc(F)c(Br)c1.